The van der Waals surface area contributed by atoms with Crippen LogP contribution in [0.15, 0.2) is 4.99 Å². The SMILES string of the molecule is CCOCCCNC(N)=NCC1COC2(CCC(C)CC2)O1.I. The molecule has 1 spiro atoms. The molecule has 1 saturated heterocycles. The van der Waals surface area contributed by atoms with Crippen molar-refractivity contribution in [3.8, 4) is 0 Å². The predicted octanol–water partition coefficient (Wildman–Crippen LogP) is 2.26. The van der Waals surface area contributed by atoms with Crippen molar-refractivity contribution in [2.24, 2.45) is 16.6 Å². The molecule has 0 aromatic carbocycles. The lowest BCUT2D eigenvalue weighted by Crippen LogP contribution is -2.36. The molecule has 1 heterocycles. The van der Waals surface area contributed by atoms with Gasteiger partial charge in [-0.2, -0.15) is 0 Å². The summed E-state index contributed by atoms with van der Waals surface area (Å²) in [5.41, 5.74) is 5.86. The number of hydrogen-bond donors (Lipinski definition) is 2. The Morgan fingerprint density at radius 2 is 2.13 bits per heavy atom. The zero-order valence-electron chi connectivity index (χ0n) is 14.4. The van der Waals surface area contributed by atoms with Gasteiger partial charge < -0.3 is 25.3 Å². The molecule has 6 nitrogen and oxygen atoms in total. The number of halogens is 1. The third kappa shape index (κ3) is 7.11. The van der Waals surface area contributed by atoms with Crippen LogP contribution in [0, 0.1) is 5.92 Å². The number of hydrogen-bond acceptors (Lipinski definition) is 4. The zero-order valence-corrected chi connectivity index (χ0v) is 16.7. The number of guanidine groups is 1. The Labute approximate surface area is 156 Å². The summed E-state index contributed by atoms with van der Waals surface area (Å²) in [5.74, 6) is 0.913. The van der Waals surface area contributed by atoms with Crippen molar-refractivity contribution in [2.45, 2.75) is 57.8 Å². The third-order valence-corrected chi connectivity index (χ3v) is 4.39. The molecule has 0 amide bonds. The molecule has 136 valence electrons. The van der Waals surface area contributed by atoms with Gasteiger partial charge in [-0.3, -0.25) is 4.99 Å². The number of nitrogens with one attached hydrogen (secondary N) is 1. The third-order valence-electron chi connectivity index (χ3n) is 4.39. The zero-order chi connectivity index (χ0) is 15.8. The Hall–Kier alpha value is -0.120. The van der Waals surface area contributed by atoms with Crippen molar-refractivity contribution in [3.05, 3.63) is 0 Å². The molecule has 2 rings (SSSR count). The standard InChI is InChI=1S/C16H31N3O3.HI/c1-3-20-10-4-9-18-15(17)19-11-14-12-21-16(22-14)7-5-13(2)6-8-16;/h13-14H,3-12H2,1-2H3,(H3,17,18,19);1H. The van der Waals surface area contributed by atoms with Gasteiger partial charge in [0.05, 0.1) is 13.2 Å². The van der Waals surface area contributed by atoms with Gasteiger partial charge in [-0.15, -0.1) is 24.0 Å². The van der Waals surface area contributed by atoms with E-state index in [4.69, 9.17) is 19.9 Å². The molecule has 2 fully saturated rings. The van der Waals surface area contributed by atoms with Crippen LogP contribution in [0.2, 0.25) is 0 Å². The van der Waals surface area contributed by atoms with Crippen molar-refractivity contribution in [3.63, 3.8) is 0 Å². The maximum Gasteiger partial charge on any atom is 0.188 e. The Morgan fingerprint density at radius 3 is 2.83 bits per heavy atom. The van der Waals surface area contributed by atoms with Crippen LogP contribution in [0.4, 0.5) is 0 Å². The van der Waals surface area contributed by atoms with Gasteiger partial charge in [0.15, 0.2) is 11.7 Å². The lowest BCUT2D eigenvalue weighted by molar-refractivity contribution is -0.190. The quantitative estimate of drug-likeness (QED) is 0.274. The molecule has 0 aromatic heterocycles. The molecule has 1 atom stereocenters. The van der Waals surface area contributed by atoms with Gasteiger partial charge in [-0.05, 0) is 32.1 Å². The first-order chi connectivity index (χ1) is 10.6. The highest BCUT2D eigenvalue weighted by Gasteiger charge is 2.43. The summed E-state index contributed by atoms with van der Waals surface area (Å²) in [6, 6.07) is 0. The fourth-order valence-electron chi connectivity index (χ4n) is 2.96. The average molecular weight is 441 g/mol. The van der Waals surface area contributed by atoms with Gasteiger partial charge in [0.1, 0.15) is 6.10 Å². The summed E-state index contributed by atoms with van der Waals surface area (Å²) in [5, 5.41) is 3.09. The molecule has 2 aliphatic rings. The van der Waals surface area contributed by atoms with E-state index in [1.807, 2.05) is 6.92 Å². The van der Waals surface area contributed by atoms with Gasteiger partial charge in [-0.1, -0.05) is 6.92 Å². The monoisotopic (exact) mass is 441 g/mol. The number of nitrogens with zero attached hydrogens (tertiary/aromatic N) is 1. The lowest BCUT2D eigenvalue weighted by atomic mass is 9.86. The molecule has 0 radical (unpaired) electrons. The van der Waals surface area contributed by atoms with Gasteiger partial charge in [0.25, 0.3) is 0 Å². The van der Waals surface area contributed by atoms with E-state index < -0.39 is 0 Å². The van der Waals surface area contributed by atoms with Crippen LogP contribution in [0.5, 0.6) is 0 Å². The molecule has 3 N–H and O–H groups in total. The second-order valence-corrected chi connectivity index (χ2v) is 6.35. The van der Waals surface area contributed by atoms with Gasteiger partial charge >= 0.3 is 0 Å². The first-order valence-electron chi connectivity index (χ1n) is 8.57. The Kier molecular flexibility index (Phi) is 9.72. The number of aliphatic imine (C=N–C) groups is 1. The first-order valence-corrected chi connectivity index (χ1v) is 8.57. The van der Waals surface area contributed by atoms with Crippen LogP contribution in [0.25, 0.3) is 0 Å². The van der Waals surface area contributed by atoms with Crippen molar-refractivity contribution in [1.29, 1.82) is 0 Å². The smallest absolute Gasteiger partial charge is 0.188 e. The fraction of sp³-hybridized carbons (Fsp3) is 0.938. The minimum Gasteiger partial charge on any atom is -0.382 e. The normalized spacial score (nSPS) is 31.1. The van der Waals surface area contributed by atoms with Crippen LogP contribution in [-0.4, -0.2) is 50.8 Å². The molecule has 0 bridgehead atoms. The highest BCUT2D eigenvalue weighted by molar-refractivity contribution is 14.0. The largest absolute Gasteiger partial charge is 0.382 e. The van der Waals surface area contributed by atoms with Crippen molar-refractivity contribution >= 4 is 29.9 Å². The van der Waals surface area contributed by atoms with E-state index >= 15 is 0 Å². The van der Waals surface area contributed by atoms with Gasteiger partial charge in [0, 0.05) is 32.6 Å². The molecule has 1 aliphatic heterocycles. The summed E-state index contributed by atoms with van der Waals surface area (Å²) in [6.07, 6.45) is 5.31. The Morgan fingerprint density at radius 1 is 1.39 bits per heavy atom. The summed E-state index contributed by atoms with van der Waals surface area (Å²) < 4.78 is 17.3. The van der Waals surface area contributed by atoms with Crippen molar-refractivity contribution in [1.82, 2.24) is 5.32 Å². The van der Waals surface area contributed by atoms with E-state index in [9.17, 15) is 0 Å². The van der Waals surface area contributed by atoms with Crippen molar-refractivity contribution in [2.75, 3.05) is 32.9 Å². The summed E-state index contributed by atoms with van der Waals surface area (Å²) in [4.78, 5) is 4.35. The first kappa shape index (κ1) is 20.9. The van der Waals surface area contributed by atoms with E-state index in [0.717, 1.165) is 44.9 Å². The van der Waals surface area contributed by atoms with Crippen LogP contribution in [0.3, 0.4) is 0 Å². The van der Waals surface area contributed by atoms with E-state index in [1.54, 1.807) is 0 Å². The number of rotatable bonds is 7. The maximum absolute atomic E-state index is 6.11. The summed E-state index contributed by atoms with van der Waals surface area (Å²) >= 11 is 0. The number of nitrogens with two attached hydrogens (primary N) is 1. The lowest BCUT2D eigenvalue weighted by Gasteiger charge is -2.34. The molecular weight excluding hydrogens is 409 g/mol. The van der Waals surface area contributed by atoms with Gasteiger partial charge in [-0.25, -0.2) is 0 Å². The molecule has 1 aliphatic carbocycles. The summed E-state index contributed by atoms with van der Waals surface area (Å²) in [7, 11) is 0. The van der Waals surface area contributed by atoms with Crippen LogP contribution >= 0.6 is 24.0 Å². The second kappa shape index (κ2) is 10.7. The molecular formula is C16H32IN3O3. The molecule has 1 unspecified atom stereocenters. The van der Waals surface area contributed by atoms with Crippen LogP contribution in [0.1, 0.15) is 46.0 Å². The van der Waals surface area contributed by atoms with Crippen molar-refractivity contribution < 1.29 is 14.2 Å². The molecule has 1 saturated carbocycles. The molecule has 23 heavy (non-hydrogen) atoms. The highest BCUT2D eigenvalue weighted by atomic mass is 127. The predicted molar refractivity (Wildman–Crippen MR) is 102 cm³/mol. The summed E-state index contributed by atoms with van der Waals surface area (Å²) in [6.45, 7) is 7.74. The van der Waals surface area contributed by atoms with E-state index in [0.29, 0.717) is 19.1 Å². The minimum atomic E-state index is -0.341. The number of ether oxygens (including phenoxy) is 3. The molecule has 7 heteroatoms. The topological polar surface area (TPSA) is 78.1 Å². The Bertz CT molecular complexity index is 360. The maximum atomic E-state index is 6.11. The second-order valence-electron chi connectivity index (χ2n) is 6.35. The van der Waals surface area contributed by atoms with Crippen LogP contribution in [-0.2, 0) is 14.2 Å². The average Bonchev–Trinajstić information content (AvgIpc) is 2.92. The highest BCUT2D eigenvalue weighted by Crippen LogP contribution is 2.39. The minimum absolute atomic E-state index is 0. The molecule has 0 aromatic rings. The Balaban J connectivity index is 0.00000264. The van der Waals surface area contributed by atoms with Crippen LogP contribution < -0.4 is 11.1 Å². The van der Waals surface area contributed by atoms with E-state index in [1.165, 1.54) is 12.8 Å². The van der Waals surface area contributed by atoms with E-state index in [-0.39, 0.29) is 35.9 Å². The fourth-order valence-corrected chi connectivity index (χ4v) is 2.96. The van der Waals surface area contributed by atoms with Gasteiger partial charge in [0.2, 0.25) is 0 Å². The van der Waals surface area contributed by atoms with E-state index in [2.05, 4.69) is 17.2 Å².